The molecule has 2 aromatic rings. The molecule has 0 bridgehead atoms. The number of aromatic nitrogens is 2. The molecule has 1 amide bonds. The Kier molecular flexibility index (Phi) is 5.22. The summed E-state index contributed by atoms with van der Waals surface area (Å²) in [5.41, 5.74) is 0.554. The molecule has 1 fully saturated rings. The Bertz CT molecular complexity index is 988. The number of amides is 1. The number of piperidine rings is 1. The fourth-order valence-corrected chi connectivity index (χ4v) is 4.53. The fourth-order valence-electron chi connectivity index (χ4n) is 3.47. The van der Waals surface area contributed by atoms with Crippen molar-refractivity contribution >= 4 is 30.1 Å². The minimum atomic E-state index is -0.203. The zero-order valence-electron chi connectivity index (χ0n) is 15.5. The first-order valence-electron chi connectivity index (χ1n) is 9.19. The lowest BCUT2D eigenvalue weighted by atomic mass is 10.1. The third-order valence-electron chi connectivity index (χ3n) is 5.09. The van der Waals surface area contributed by atoms with Crippen LogP contribution < -0.4 is 10.6 Å². The number of aliphatic imine (C=N–C) groups is 1. The molecule has 0 N–H and O–H groups in total. The van der Waals surface area contributed by atoms with E-state index in [0.29, 0.717) is 27.8 Å². The van der Waals surface area contributed by atoms with Crippen LogP contribution in [0.5, 0.6) is 0 Å². The van der Waals surface area contributed by atoms with Crippen molar-refractivity contribution in [2.75, 3.05) is 18.8 Å². The van der Waals surface area contributed by atoms with Gasteiger partial charge in [0.2, 0.25) is 0 Å². The van der Waals surface area contributed by atoms with E-state index in [1.165, 1.54) is 0 Å². The van der Waals surface area contributed by atoms with Gasteiger partial charge in [0, 0.05) is 24.7 Å². The number of benzene rings is 1. The normalized spacial score (nSPS) is 18.1. The number of likely N-dealkylation sites (tertiary alicyclic amines) is 1. The standard InChI is InChI=1S/C20H23N5OS/c1-14-4-3-5-16-19(14)22-17(23-20(16)26)13-27-15-6-9-25(10-7-15)12-18-21-8-11-24(18)2/h3-5,8,11,15H,1,6-7,9-10,12-13H2,2H3. The van der Waals surface area contributed by atoms with E-state index in [4.69, 9.17) is 0 Å². The molecule has 0 spiro atoms. The SMILES string of the molecule is C=c1cccc2c1=NC(CSC1CCN(Cc3nccn3C)CC1)=NC2=O. The lowest BCUT2D eigenvalue weighted by Crippen LogP contribution is -2.36. The maximum atomic E-state index is 12.2. The van der Waals surface area contributed by atoms with E-state index in [1.54, 1.807) is 6.07 Å². The zero-order chi connectivity index (χ0) is 18.8. The number of fused-ring (bicyclic) bond motifs is 1. The quantitative estimate of drug-likeness (QED) is 0.785. The fraction of sp³-hybridized carbons (Fsp3) is 0.400. The molecule has 1 aromatic carbocycles. The summed E-state index contributed by atoms with van der Waals surface area (Å²) in [6, 6.07) is 5.46. The van der Waals surface area contributed by atoms with Gasteiger partial charge in [0.1, 0.15) is 11.7 Å². The lowest BCUT2D eigenvalue weighted by Gasteiger charge is -2.31. The maximum Gasteiger partial charge on any atom is 0.280 e. The highest BCUT2D eigenvalue weighted by Gasteiger charge is 2.22. The number of carbonyl (C=O) groups excluding carboxylic acids is 1. The van der Waals surface area contributed by atoms with Gasteiger partial charge in [-0.3, -0.25) is 9.69 Å². The van der Waals surface area contributed by atoms with Crippen molar-refractivity contribution in [2.45, 2.75) is 24.6 Å². The van der Waals surface area contributed by atoms with E-state index >= 15 is 0 Å². The van der Waals surface area contributed by atoms with Gasteiger partial charge in [-0.05, 0) is 37.2 Å². The molecule has 1 saturated heterocycles. The van der Waals surface area contributed by atoms with Crippen molar-refractivity contribution in [3.63, 3.8) is 0 Å². The molecule has 27 heavy (non-hydrogen) atoms. The van der Waals surface area contributed by atoms with Gasteiger partial charge in [0.25, 0.3) is 5.91 Å². The van der Waals surface area contributed by atoms with Gasteiger partial charge in [-0.1, -0.05) is 18.7 Å². The first kappa shape index (κ1) is 18.1. The van der Waals surface area contributed by atoms with Crippen molar-refractivity contribution in [1.82, 2.24) is 14.5 Å². The van der Waals surface area contributed by atoms with Crippen LogP contribution >= 0.6 is 11.8 Å². The molecule has 7 heteroatoms. The van der Waals surface area contributed by atoms with Crippen LogP contribution in [-0.2, 0) is 13.6 Å². The van der Waals surface area contributed by atoms with Crippen molar-refractivity contribution in [2.24, 2.45) is 17.0 Å². The largest absolute Gasteiger partial charge is 0.337 e. The van der Waals surface area contributed by atoms with Crippen LogP contribution in [0.2, 0.25) is 0 Å². The summed E-state index contributed by atoms with van der Waals surface area (Å²) in [6.07, 6.45) is 6.10. The number of para-hydroxylation sites is 1. The number of thioether (sulfide) groups is 1. The van der Waals surface area contributed by atoms with Crippen LogP contribution in [0.15, 0.2) is 40.6 Å². The summed E-state index contributed by atoms with van der Waals surface area (Å²) in [4.78, 5) is 27.8. The van der Waals surface area contributed by atoms with E-state index in [2.05, 4.69) is 31.0 Å². The third kappa shape index (κ3) is 4.04. The molecular weight excluding hydrogens is 358 g/mol. The Balaban J connectivity index is 1.32. The van der Waals surface area contributed by atoms with E-state index < -0.39 is 0 Å². The van der Waals surface area contributed by atoms with E-state index in [9.17, 15) is 4.79 Å². The first-order chi connectivity index (χ1) is 13.1. The highest BCUT2D eigenvalue weighted by molar-refractivity contribution is 8.00. The summed E-state index contributed by atoms with van der Waals surface area (Å²) in [5.74, 6) is 2.19. The smallest absolute Gasteiger partial charge is 0.280 e. The van der Waals surface area contributed by atoms with Crippen LogP contribution in [0.3, 0.4) is 0 Å². The van der Waals surface area contributed by atoms with Gasteiger partial charge in [-0.25, -0.2) is 9.98 Å². The van der Waals surface area contributed by atoms with Crippen molar-refractivity contribution in [1.29, 1.82) is 0 Å². The predicted molar refractivity (Wildman–Crippen MR) is 108 cm³/mol. The number of carbonyl (C=O) groups is 1. The number of hydrogen-bond donors (Lipinski definition) is 0. The van der Waals surface area contributed by atoms with Crippen molar-refractivity contribution in [3.8, 4) is 0 Å². The molecular formula is C20H23N5OS. The zero-order valence-corrected chi connectivity index (χ0v) is 16.3. The second-order valence-corrected chi connectivity index (χ2v) is 8.29. The Hall–Kier alpha value is -2.25. The van der Waals surface area contributed by atoms with Crippen LogP contribution in [0.25, 0.3) is 6.58 Å². The van der Waals surface area contributed by atoms with Gasteiger partial charge in [0.15, 0.2) is 0 Å². The predicted octanol–water partition coefficient (Wildman–Crippen LogP) is 1.40. The Morgan fingerprint density at radius 3 is 2.81 bits per heavy atom. The molecule has 3 heterocycles. The number of imidazole rings is 1. The van der Waals surface area contributed by atoms with Crippen molar-refractivity contribution in [3.05, 3.63) is 52.6 Å². The second kappa shape index (κ2) is 7.78. The monoisotopic (exact) mass is 381 g/mol. The molecule has 1 aromatic heterocycles. The number of amidine groups is 1. The number of aryl methyl sites for hydroxylation is 1. The first-order valence-corrected chi connectivity index (χ1v) is 10.2. The molecule has 0 atom stereocenters. The molecule has 6 nitrogen and oxygen atoms in total. The van der Waals surface area contributed by atoms with E-state index in [0.717, 1.165) is 43.5 Å². The number of rotatable bonds is 5. The molecule has 140 valence electrons. The van der Waals surface area contributed by atoms with Gasteiger partial charge in [-0.2, -0.15) is 16.8 Å². The average Bonchev–Trinajstić information content (AvgIpc) is 3.07. The summed E-state index contributed by atoms with van der Waals surface area (Å²) in [6.45, 7) is 7.02. The summed E-state index contributed by atoms with van der Waals surface area (Å²) in [7, 11) is 2.04. The Labute approximate surface area is 162 Å². The van der Waals surface area contributed by atoms with Crippen LogP contribution in [0.4, 0.5) is 0 Å². The van der Waals surface area contributed by atoms with Crippen LogP contribution in [0, 0.1) is 0 Å². The molecule has 2 aliphatic heterocycles. The van der Waals surface area contributed by atoms with Gasteiger partial charge >= 0.3 is 0 Å². The topological polar surface area (TPSA) is 62.9 Å². The molecule has 0 unspecified atom stereocenters. The summed E-state index contributed by atoms with van der Waals surface area (Å²) >= 11 is 1.85. The van der Waals surface area contributed by atoms with E-state index in [1.807, 2.05) is 43.3 Å². The lowest BCUT2D eigenvalue weighted by molar-refractivity contribution is 0.1000. The third-order valence-corrected chi connectivity index (χ3v) is 6.46. The van der Waals surface area contributed by atoms with Crippen LogP contribution in [-0.4, -0.2) is 50.3 Å². The maximum absolute atomic E-state index is 12.2. The molecule has 0 aliphatic carbocycles. The summed E-state index contributed by atoms with van der Waals surface area (Å²) in [5, 5.41) is 2.03. The van der Waals surface area contributed by atoms with Crippen LogP contribution in [0.1, 0.15) is 29.0 Å². The van der Waals surface area contributed by atoms with Crippen molar-refractivity contribution < 1.29 is 4.79 Å². The molecule has 0 radical (unpaired) electrons. The summed E-state index contributed by atoms with van der Waals surface area (Å²) < 4.78 is 2.08. The van der Waals surface area contributed by atoms with Gasteiger partial charge in [-0.15, -0.1) is 0 Å². The minimum absolute atomic E-state index is 0.203. The Morgan fingerprint density at radius 2 is 2.07 bits per heavy atom. The average molecular weight is 382 g/mol. The number of hydrogen-bond acceptors (Lipinski definition) is 5. The highest BCUT2D eigenvalue weighted by Crippen LogP contribution is 2.24. The Morgan fingerprint density at radius 1 is 1.26 bits per heavy atom. The van der Waals surface area contributed by atoms with Gasteiger partial charge < -0.3 is 4.57 Å². The molecule has 0 saturated carbocycles. The molecule has 2 aliphatic rings. The molecule has 4 rings (SSSR count). The van der Waals surface area contributed by atoms with E-state index in [-0.39, 0.29) is 5.91 Å². The second-order valence-electron chi connectivity index (χ2n) is 7.00. The highest BCUT2D eigenvalue weighted by atomic mass is 32.2. The minimum Gasteiger partial charge on any atom is -0.337 e. The van der Waals surface area contributed by atoms with Gasteiger partial charge in [0.05, 0.1) is 23.2 Å². The number of nitrogens with zero attached hydrogens (tertiary/aromatic N) is 5.